The summed E-state index contributed by atoms with van der Waals surface area (Å²) in [6.45, 7) is 3.56. The molecule has 1 amide bonds. The Morgan fingerprint density at radius 1 is 1.14 bits per heavy atom. The maximum absolute atomic E-state index is 12.8. The Morgan fingerprint density at radius 3 is 2.26 bits per heavy atom. The highest BCUT2D eigenvalue weighted by Crippen LogP contribution is 2.19. The number of ether oxygens (including phenoxy) is 1. The van der Waals surface area contributed by atoms with Crippen molar-refractivity contribution in [2.45, 2.75) is 57.7 Å². The molecule has 0 aliphatic carbocycles. The Labute approximate surface area is 210 Å². The summed E-state index contributed by atoms with van der Waals surface area (Å²) in [6.07, 6.45) is 2.06. The van der Waals surface area contributed by atoms with Gasteiger partial charge >= 0.3 is 23.9 Å². The molecular weight excluding hydrogens is 460 g/mol. The van der Waals surface area contributed by atoms with Crippen molar-refractivity contribution in [1.82, 2.24) is 10.2 Å². The first-order chi connectivity index (χ1) is 18.6. The molecule has 0 radical (unpaired) electrons. The minimum absolute atomic E-state index is 0.0193. The molecule has 3 atom stereocenters. The summed E-state index contributed by atoms with van der Waals surface area (Å²) in [6, 6.07) is -4.88. The SMILES string of the molecule is O=C(O)/C=C\C(=O)O.[2H]c1c([2H])c([2H])c(CC[C@H](N[C@@H](C)C(=O)N2CCC[C@H]2C(=O)O)C(=O)OCC)c([2H])c1[2H]. The number of carbonyl (C=O) groups excluding carboxylic acids is 2. The number of carboxylic acids is 3. The smallest absolute Gasteiger partial charge is 0.328 e. The molecule has 1 aliphatic rings. The average Bonchev–Trinajstić information content (AvgIpc) is 3.39. The highest BCUT2D eigenvalue weighted by Gasteiger charge is 2.36. The van der Waals surface area contributed by atoms with Crippen LogP contribution in [0.25, 0.3) is 0 Å². The van der Waals surface area contributed by atoms with Gasteiger partial charge in [0.25, 0.3) is 0 Å². The van der Waals surface area contributed by atoms with Gasteiger partial charge in [0.1, 0.15) is 12.1 Å². The standard InChI is InChI=1S/C20H28N2O5.C4H4O4/c1-3-27-20(26)16(12-11-15-8-5-4-6-9-15)21-14(2)18(23)22-13-7-10-17(22)19(24)25;5-3(6)1-2-4(7)8/h4-6,8-9,14,16-17,21H,3,7,10-13H2,1-2H3,(H,24,25);1-2H,(H,5,6)(H,7,8)/b;2-1-/t14-,16-,17-;/m0./s1/i4D,5D,6D,8D,9D;. The molecule has 35 heavy (non-hydrogen) atoms. The molecule has 11 heteroatoms. The fourth-order valence-electron chi connectivity index (χ4n) is 3.25. The van der Waals surface area contributed by atoms with Crippen LogP contribution in [0.15, 0.2) is 42.4 Å². The molecule has 1 saturated heterocycles. The number of benzene rings is 1. The zero-order valence-corrected chi connectivity index (χ0v) is 19.4. The summed E-state index contributed by atoms with van der Waals surface area (Å²) in [7, 11) is 0. The third-order valence-corrected chi connectivity index (χ3v) is 4.82. The molecular formula is C24H32N2O9. The van der Waals surface area contributed by atoms with Crippen LogP contribution in [0.1, 0.15) is 45.5 Å². The molecule has 4 N–H and O–H groups in total. The zero-order valence-electron chi connectivity index (χ0n) is 24.4. The van der Waals surface area contributed by atoms with Gasteiger partial charge in [-0.25, -0.2) is 14.4 Å². The zero-order chi connectivity index (χ0) is 30.7. The molecule has 11 nitrogen and oxygen atoms in total. The molecule has 0 spiro atoms. The number of likely N-dealkylation sites (tertiary alicyclic amines) is 1. The van der Waals surface area contributed by atoms with Gasteiger partial charge in [0.15, 0.2) is 0 Å². The first kappa shape index (κ1) is 21.8. The molecule has 1 aliphatic heterocycles. The monoisotopic (exact) mass is 497 g/mol. The van der Waals surface area contributed by atoms with E-state index in [0.29, 0.717) is 31.5 Å². The molecule has 0 saturated carbocycles. The van der Waals surface area contributed by atoms with Gasteiger partial charge in [-0.1, -0.05) is 30.2 Å². The Hall–Kier alpha value is -3.73. The van der Waals surface area contributed by atoms with Gasteiger partial charge in [0.05, 0.1) is 19.5 Å². The van der Waals surface area contributed by atoms with Crippen molar-refractivity contribution in [2.75, 3.05) is 13.2 Å². The van der Waals surface area contributed by atoms with Gasteiger partial charge in [-0.2, -0.15) is 0 Å². The van der Waals surface area contributed by atoms with Gasteiger partial charge in [0.2, 0.25) is 5.91 Å². The topological polar surface area (TPSA) is 171 Å². The summed E-state index contributed by atoms with van der Waals surface area (Å²) >= 11 is 0. The average molecular weight is 498 g/mol. The van der Waals surface area contributed by atoms with E-state index in [1.54, 1.807) is 6.92 Å². The summed E-state index contributed by atoms with van der Waals surface area (Å²) in [4.78, 5) is 57.0. The third-order valence-electron chi connectivity index (χ3n) is 4.82. The van der Waals surface area contributed by atoms with E-state index in [-0.39, 0.29) is 37.1 Å². The number of aliphatic carboxylic acids is 3. The van der Waals surface area contributed by atoms with Crippen LogP contribution < -0.4 is 5.32 Å². The number of carboxylic acid groups (broad SMARTS) is 3. The van der Waals surface area contributed by atoms with E-state index in [4.69, 9.17) is 21.8 Å². The fourth-order valence-corrected chi connectivity index (χ4v) is 3.25. The van der Waals surface area contributed by atoms with Crippen LogP contribution in [0.3, 0.4) is 0 Å². The van der Waals surface area contributed by atoms with Gasteiger partial charge in [-0.15, -0.1) is 0 Å². The summed E-state index contributed by atoms with van der Waals surface area (Å²) in [5, 5.41) is 27.8. The van der Waals surface area contributed by atoms with Gasteiger partial charge < -0.3 is 25.0 Å². The Morgan fingerprint density at radius 2 is 1.74 bits per heavy atom. The van der Waals surface area contributed by atoms with Gasteiger partial charge in [-0.3, -0.25) is 14.9 Å². The first-order valence-corrected chi connectivity index (χ1v) is 10.8. The Kier molecular flexibility index (Phi) is 9.47. The number of nitrogens with zero attached hydrogens (tertiary/aromatic N) is 1. The molecule has 1 fully saturated rings. The Balaban J connectivity index is 0.000000869. The van der Waals surface area contributed by atoms with Crippen molar-refractivity contribution in [3.63, 3.8) is 0 Å². The number of carbonyl (C=O) groups is 5. The number of hydrogen-bond donors (Lipinski definition) is 4. The molecule has 1 aromatic rings. The van der Waals surface area contributed by atoms with Gasteiger partial charge in [-0.05, 0) is 45.1 Å². The van der Waals surface area contributed by atoms with E-state index in [0.717, 1.165) is 0 Å². The van der Waals surface area contributed by atoms with E-state index >= 15 is 0 Å². The number of rotatable bonds is 11. The van der Waals surface area contributed by atoms with Crippen molar-refractivity contribution in [3.8, 4) is 0 Å². The lowest BCUT2D eigenvalue weighted by Gasteiger charge is -2.27. The highest BCUT2D eigenvalue weighted by atomic mass is 16.5. The summed E-state index contributed by atoms with van der Waals surface area (Å²) < 4.78 is 44.4. The second-order valence-corrected chi connectivity index (χ2v) is 7.37. The van der Waals surface area contributed by atoms with Crippen molar-refractivity contribution in [3.05, 3.63) is 47.9 Å². The van der Waals surface area contributed by atoms with E-state index in [2.05, 4.69) is 5.32 Å². The van der Waals surface area contributed by atoms with Crippen LogP contribution in [0, 0.1) is 0 Å². The molecule has 192 valence electrons. The van der Waals surface area contributed by atoms with Crippen LogP contribution in [-0.2, 0) is 35.1 Å². The highest BCUT2D eigenvalue weighted by molar-refractivity contribution is 5.89. The predicted molar refractivity (Wildman–Crippen MR) is 125 cm³/mol. The van der Waals surface area contributed by atoms with Crippen LogP contribution >= 0.6 is 0 Å². The minimum atomic E-state index is -1.26. The number of amides is 1. The fraction of sp³-hybridized carbons (Fsp3) is 0.458. The maximum Gasteiger partial charge on any atom is 0.328 e. The molecule has 1 aromatic carbocycles. The van der Waals surface area contributed by atoms with Crippen LogP contribution in [-0.4, -0.2) is 81.3 Å². The molecule has 0 bridgehead atoms. The maximum atomic E-state index is 12.8. The van der Waals surface area contributed by atoms with E-state index in [1.807, 2.05) is 0 Å². The van der Waals surface area contributed by atoms with Crippen molar-refractivity contribution in [2.24, 2.45) is 0 Å². The second-order valence-electron chi connectivity index (χ2n) is 7.37. The van der Waals surface area contributed by atoms with Crippen LogP contribution in [0.2, 0.25) is 0 Å². The number of hydrogen-bond acceptors (Lipinski definition) is 7. The number of nitrogens with one attached hydrogen (secondary N) is 1. The molecule has 0 aromatic heterocycles. The second kappa shape index (κ2) is 15.2. The van der Waals surface area contributed by atoms with Crippen molar-refractivity contribution >= 4 is 29.8 Å². The summed E-state index contributed by atoms with van der Waals surface area (Å²) in [5.74, 6) is -4.69. The first-order valence-electron chi connectivity index (χ1n) is 13.3. The van der Waals surface area contributed by atoms with Crippen molar-refractivity contribution < 1.29 is 50.9 Å². The van der Waals surface area contributed by atoms with Crippen LogP contribution in [0.4, 0.5) is 0 Å². The molecule has 1 heterocycles. The Bertz CT molecular complexity index is 1120. The lowest BCUT2D eigenvalue weighted by molar-refractivity contribution is -0.150. The molecule has 0 unspecified atom stereocenters. The molecule has 2 rings (SSSR count). The van der Waals surface area contributed by atoms with Crippen LogP contribution in [0.5, 0.6) is 0 Å². The predicted octanol–water partition coefficient (Wildman–Crippen LogP) is 1.32. The third kappa shape index (κ3) is 10.8. The largest absolute Gasteiger partial charge is 0.480 e. The number of esters is 1. The minimum Gasteiger partial charge on any atom is -0.480 e. The lowest BCUT2D eigenvalue weighted by atomic mass is 10.0. The van der Waals surface area contributed by atoms with Crippen molar-refractivity contribution in [1.29, 1.82) is 0 Å². The van der Waals surface area contributed by atoms with E-state index in [9.17, 15) is 29.1 Å². The normalized spacial score (nSPS) is 18.6. The van der Waals surface area contributed by atoms with Gasteiger partial charge in [0, 0.05) is 18.7 Å². The van der Waals surface area contributed by atoms with E-state index < -0.39 is 66.0 Å². The lowest BCUT2D eigenvalue weighted by Crippen LogP contribution is -2.53. The summed E-state index contributed by atoms with van der Waals surface area (Å²) in [5.41, 5.74) is 0.0663. The van der Waals surface area contributed by atoms with E-state index in [1.165, 1.54) is 11.8 Å². The quantitative estimate of drug-likeness (QED) is 0.258.